The number of carbonyl (C=O) groups is 1. The minimum Gasteiger partial charge on any atom is -0.508 e. The van der Waals surface area contributed by atoms with Gasteiger partial charge in [-0.05, 0) is 42.3 Å². The molecule has 150 valence electrons. The minimum atomic E-state index is -0.368. The van der Waals surface area contributed by atoms with Crippen LogP contribution in [0.5, 0.6) is 5.75 Å². The summed E-state index contributed by atoms with van der Waals surface area (Å²) in [7, 11) is 0. The number of aryl methyl sites for hydroxylation is 2. The lowest BCUT2D eigenvalue weighted by Gasteiger charge is -2.05. The minimum absolute atomic E-state index is 0.202. The van der Waals surface area contributed by atoms with E-state index in [0.717, 1.165) is 29.1 Å². The number of nitrogens with two attached hydrogens (primary N) is 1. The summed E-state index contributed by atoms with van der Waals surface area (Å²) in [6.07, 6.45) is 7.27. The van der Waals surface area contributed by atoms with Gasteiger partial charge in [0.2, 0.25) is 5.91 Å². The molecule has 0 spiro atoms. The quantitative estimate of drug-likeness (QED) is 0.505. The van der Waals surface area contributed by atoms with Crippen LogP contribution in [0.3, 0.4) is 0 Å². The van der Waals surface area contributed by atoms with E-state index in [1.54, 1.807) is 30.3 Å². The first-order chi connectivity index (χ1) is 13.9. The number of allylic oxidation sites excluding steroid dienone is 1. The molecule has 0 bridgehead atoms. The molecule has 0 radical (unpaired) electrons. The first kappa shape index (κ1) is 21.0. The Hall–Kier alpha value is -2.76. The summed E-state index contributed by atoms with van der Waals surface area (Å²) in [5, 5.41) is 10.5. The molecule has 0 aliphatic carbocycles. The van der Waals surface area contributed by atoms with E-state index in [9.17, 15) is 9.90 Å². The molecule has 29 heavy (non-hydrogen) atoms. The maximum atomic E-state index is 10.9. The molecule has 2 aromatic carbocycles. The van der Waals surface area contributed by atoms with Gasteiger partial charge in [-0.1, -0.05) is 47.5 Å². The predicted molar refractivity (Wildman–Crippen MR) is 116 cm³/mol. The molecule has 5 nitrogen and oxygen atoms in total. The highest BCUT2D eigenvalue weighted by Gasteiger charge is 2.12. The van der Waals surface area contributed by atoms with Crippen LogP contribution in [-0.4, -0.2) is 20.6 Å². The van der Waals surface area contributed by atoms with E-state index < -0.39 is 0 Å². The van der Waals surface area contributed by atoms with Crippen LogP contribution in [0.1, 0.15) is 17.8 Å². The number of phenols is 1. The van der Waals surface area contributed by atoms with Crippen LogP contribution < -0.4 is 5.73 Å². The first-order valence-corrected chi connectivity index (χ1v) is 9.90. The summed E-state index contributed by atoms with van der Waals surface area (Å²) < 4.78 is 2.03. The zero-order chi connectivity index (χ0) is 20.8. The fourth-order valence-corrected chi connectivity index (χ4v) is 3.45. The number of carbonyl (C=O) groups excluding carboxylic acids is 1. The number of aromatic nitrogens is 2. The van der Waals surface area contributed by atoms with Gasteiger partial charge in [0.05, 0.1) is 10.7 Å². The van der Waals surface area contributed by atoms with Crippen molar-refractivity contribution >= 4 is 29.1 Å². The van der Waals surface area contributed by atoms with E-state index in [2.05, 4.69) is 0 Å². The second-order valence-corrected chi connectivity index (χ2v) is 7.47. The second kappa shape index (κ2) is 9.63. The van der Waals surface area contributed by atoms with Crippen molar-refractivity contribution in [3.05, 3.63) is 82.2 Å². The third-order valence-electron chi connectivity index (χ3n) is 4.43. The molecular formula is C22H21Cl2N3O2. The fourth-order valence-electron chi connectivity index (χ4n) is 2.95. The van der Waals surface area contributed by atoms with Crippen molar-refractivity contribution in [1.82, 2.24) is 9.55 Å². The summed E-state index contributed by atoms with van der Waals surface area (Å²) in [5.41, 5.74) is 7.85. The van der Waals surface area contributed by atoms with Crippen molar-refractivity contribution < 1.29 is 9.90 Å². The van der Waals surface area contributed by atoms with Gasteiger partial charge in [-0.2, -0.15) is 0 Å². The monoisotopic (exact) mass is 429 g/mol. The largest absolute Gasteiger partial charge is 0.508 e. The molecule has 0 fully saturated rings. The number of benzene rings is 2. The summed E-state index contributed by atoms with van der Waals surface area (Å²) in [6, 6.07) is 12.5. The molecule has 0 unspecified atom stereocenters. The Bertz CT molecular complexity index is 1030. The van der Waals surface area contributed by atoms with Crippen molar-refractivity contribution in [1.29, 1.82) is 0 Å². The van der Waals surface area contributed by atoms with E-state index in [1.807, 2.05) is 35.0 Å². The lowest BCUT2D eigenvalue weighted by Crippen LogP contribution is -2.08. The molecule has 3 rings (SSSR count). The normalized spacial score (nSPS) is 11.2. The van der Waals surface area contributed by atoms with E-state index in [4.69, 9.17) is 33.9 Å². The molecule has 0 aliphatic heterocycles. The average Bonchev–Trinajstić information content (AvgIpc) is 3.07. The molecule has 0 atom stereocenters. The molecule has 3 N–H and O–H groups in total. The van der Waals surface area contributed by atoms with Gasteiger partial charge in [-0.25, -0.2) is 4.98 Å². The maximum absolute atomic E-state index is 10.9. The molecular weight excluding hydrogens is 409 g/mol. The highest BCUT2D eigenvalue weighted by atomic mass is 35.5. The number of aromatic hydroxyl groups is 1. The van der Waals surface area contributed by atoms with E-state index in [0.29, 0.717) is 23.0 Å². The number of primary amides is 1. The van der Waals surface area contributed by atoms with Crippen LogP contribution >= 0.6 is 23.2 Å². The van der Waals surface area contributed by atoms with E-state index in [1.165, 1.54) is 0 Å². The summed E-state index contributed by atoms with van der Waals surface area (Å²) in [4.78, 5) is 15.7. The highest BCUT2D eigenvalue weighted by molar-refractivity contribution is 6.36. The van der Waals surface area contributed by atoms with Gasteiger partial charge in [-0.3, -0.25) is 4.79 Å². The Morgan fingerprint density at radius 3 is 2.55 bits per heavy atom. The average molecular weight is 430 g/mol. The lowest BCUT2D eigenvalue weighted by atomic mass is 10.1. The van der Waals surface area contributed by atoms with Crippen molar-refractivity contribution in [3.8, 4) is 17.0 Å². The van der Waals surface area contributed by atoms with E-state index >= 15 is 0 Å². The zero-order valence-electron chi connectivity index (χ0n) is 15.7. The highest BCUT2D eigenvalue weighted by Crippen LogP contribution is 2.30. The second-order valence-electron chi connectivity index (χ2n) is 6.63. The number of halogens is 2. The molecule has 1 heterocycles. The number of hydrogen-bond donors (Lipinski definition) is 2. The standard InChI is InChI=1S/C22H21Cl2N3O2/c23-16-7-10-18(19(24)13-16)20-14-27(12-2-1-3-21(25)29)22(26-20)11-6-15-4-8-17(28)9-5-15/h1-2,4-5,7-10,13-14,28H,3,6,11-12H2,(H2,25,29)/b2-1+. The summed E-state index contributed by atoms with van der Waals surface area (Å²) in [6.45, 7) is 0.566. The molecule has 0 saturated heterocycles. The van der Waals surface area contributed by atoms with Gasteiger partial charge in [0.25, 0.3) is 0 Å². The Morgan fingerprint density at radius 1 is 1.10 bits per heavy atom. The molecule has 0 saturated carbocycles. The maximum Gasteiger partial charge on any atom is 0.221 e. The fraction of sp³-hybridized carbons (Fsp3) is 0.182. The number of nitrogens with zero attached hydrogens (tertiary/aromatic N) is 2. The zero-order valence-corrected chi connectivity index (χ0v) is 17.2. The topological polar surface area (TPSA) is 81.1 Å². The number of amides is 1. The Labute approximate surface area is 179 Å². The van der Waals surface area contributed by atoms with Crippen molar-refractivity contribution in [3.63, 3.8) is 0 Å². The Morgan fingerprint density at radius 2 is 1.86 bits per heavy atom. The number of hydrogen-bond acceptors (Lipinski definition) is 3. The Balaban J connectivity index is 1.84. The molecule has 3 aromatic rings. The van der Waals surface area contributed by atoms with Crippen molar-refractivity contribution in [2.45, 2.75) is 25.8 Å². The number of phenolic OH excluding ortho intramolecular Hbond substituents is 1. The van der Waals surface area contributed by atoms with Crippen LogP contribution in [0, 0.1) is 0 Å². The van der Waals surface area contributed by atoms with Gasteiger partial charge in [0, 0.05) is 36.2 Å². The lowest BCUT2D eigenvalue weighted by molar-refractivity contribution is -0.117. The molecule has 7 heteroatoms. The predicted octanol–water partition coefficient (Wildman–Crippen LogP) is 4.78. The van der Waals surface area contributed by atoms with Crippen molar-refractivity contribution in [2.75, 3.05) is 0 Å². The SMILES string of the molecule is NC(=O)C/C=C/Cn1cc(-c2ccc(Cl)cc2Cl)nc1CCc1ccc(O)cc1. The van der Waals surface area contributed by atoms with Gasteiger partial charge >= 0.3 is 0 Å². The number of rotatable bonds is 8. The summed E-state index contributed by atoms with van der Waals surface area (Å²) in [5.74, 6) is 0.769. The summed E-state index contributed by atoms with van der Waals surface area (Å²) >= 11 is 12.4. The van der Waals surface area contributed by atoms with Crippen LogP contribution in [-0.2, 0) is 24.2 Å². The van der Waals surface area contributed by atoms with Crippen LogP contribution in [0.15, 0.2) is 60.8 Å². The van der Waals surface area contributed by atoms with Gasteiger partial charge in [-0.15, -0.1) is 0 Å². The van der Waals surface area contributed by atoms with Crippen LogP contribution in [0.4, 0.5) is 0 Å². The third-order valence-corrected chi connectivity index (χ3v) is 4.98. The van der Waals surface area contributed by atoms with Gasteiger partial charge in [0.1, 0.15) is 11.6 Å². The van der Waals surface area contributed by atoms with Gasteiger partial charge < -0.3 is 15.4 Å². The molecule has 1 amide bonds. The number of imidazole rings is 1. The van der Waals surface area contributed by atoms with Crippen LogP contribution in [0.2, 0.25) is 10.0 Å². The van der Waals surface area contributed by atoms with Gasteiger partial charge in [0.15, 0.2) is 0 Å². The Kier molecular flexibility index (Phi) is 6.96. The molecule has 0 aliphatic rings. The van der Waals surface area contributed by atoms with E-state index in [-0.39, 0.29) is 18.1 Å². The smallest absolute Gasteiger partial charge is 0.221 e. The first-order valence-electron chi connectivity index (χ1n) is 9.15. The van der Waals surface area contributed by atoms with Crippen molar-refractivity contribution in [2.24, 2.45) is 5.73 Å². The van der Waals surface area contributed by atoms with Crippen LogP contribution in [0.25, 0.3) is 11.3 Å². The third kappa shape index (κ3) is 5.86. The molecule has 1 aromatic heterocycles.